The average molecular weight is 290 g/mol. The van der Waals surface area contributed by atoms with Crippen molar-refractivity contribution in [3.63, 3.8) is 0 Å². The van der Waals surface area contributed by atoms with Crippen LogP contribution < -0.4 is 10.6 Å². The smallest absolute Gasteiger partial charge is 0.255 e. The second kappa shape index (κ2) is 7.00. The van der Waals surface area contributed by atoms with Crippen LogP contribution in [-0.2, 0) is 6.42 Å². The van der Waals surface area contributed by atoms with Crippen LogP contribution in [-0.4, -0.2) is 29.0 Å². The highest BCUT2D eigenvalue weighted by Crippen LogP contribution is 2.11. The maximum atomic E-state index is 12.1. The van der Waals surface area contributed by atoms with Crippen LogP contribution in [0.5, 0.6) is 0 Å². The van der Waals surface area contributed by atoms with Gasteiger partial charge < -0.3 is 10.6 Å². The first-order valence-corrected chi connectivity index (χ1v) is 7.46. The molecule has 0 spiro atoms. The molecule has 2 heterocycles. The molecule has 20 heavy (non-hydrogen) atoms. The van der Waals surface area contributed by atoms with E-state index in [1.54, 1.807) is 29.7 Å². The number of rotatable bonds is 6. The van der Waals surface area contributed by atoms with Gasteiger partial charge in [0.2, 0.25) is 0 Å². The molecule has 1 amide bonds. The number of aromatic nitrogens is 2. The van der Waals surface area contributed by atoms with Crippen LogP contribution in [0.1, 0.15) is 28.0 Å². The normalized spacial score (nSPS) is 10.3. The van der Waals surface area contributed by atoms with Crippen LogP contribution in [0.2, 0.25) is 0 Å². The van der Waals surface area contributed by atoms with Gasteiger partial charge in [-0.2, -0.15) is 0 Å². The van der Waals surface area contributed by atoms with Crippen LogP contribution in [0.4, 0.5) is 5.82 Å². The van der Waals surface area contributed by atoms with Crippen molar-refractivity contribution in [1.82, 2.24) is 15.3 Å². The molecule has 2 aromatic heterocycles. The van der Waals surface area contributed by atoms with Crippen molar-refractivity contribution < 1.29 is 4.79 Å². The summed E-state index contributed by atoms with van der Waals surface area (Å²) in [7, 11) is 0. The van der Waals surface area contributed by atoms with E-state index in [1.165, 1.54) is 0 Å². The van der Waals surface area contributed by atoms with Gasteiger partial charge in [0.05, 0.1) is 10.6 Å². The molecule has 0 atom stereocenters. The zero-order chi connectivity index (χ0) is 14.4. The molecule has 0 bridgehead atoms. The molecule has 0 aliphatic carbocycles. The first-order chi connectivity index (χ1) is 9.70. The number of anilines is 1. The largest absolute Gasteiger partial charge is 0.370 e. The van der Waals surface area contributed by atoms with Crippen molar-refractivity contribution in [2.45, 2.75) is 20.3 Å². The summed E-state index contributed by atoms with van der Waals surface area (Å²) in [6.07, 6.45) is 2.42. The molecule has 2 N–H and O–H groups in total. The van der Waals surface area contributed by atoms with Crippen molar-refractivity contribution in [2.75, 3.05) is 18.4 Å². The monoisotopic (exact) mass is 290 g/mol. The fourth-order valence-corrected chi connectivity index (χ4v) is 2.57. The van der Waals surface area contributed by atoms with Crippen molar-refractivity contribution >= 4 is 23.1 Å². The van der Waals surface area contributed by atoms with E-state index < -0.39 is 0 Å². The maximum Gasteiger partial charge on any atom is 0.255 e. The Labute approximate surface area is 122 Å². The summed E-state index contributed by atoms with van der Waals surface area (Å²) in [6, 6.07) is 3.54. The first kappa shape index (κ1) is 14.5. The van der Waals surface area contributed by atoms with Crippen molar-refractivity contribution in [3.05, 3.63) is 40.0 Å². The standard InChI is InChI=1S/C14H18N4OS/c1-3-15-13-11(5-4-7-16-13)14(19)17-8-6-12-18-10(2)9-20-12/h4-5,7,9H,3,6,8H2,1-2H3,(H,15,16)(H,17,19). The summed E-state index contributed by atoms with van der Waals surface area (Å²) in [5.41, 5.74) is 1.60. The van der Waals surface area contributed by atoms with Gasteiger partial charge in [-0.25, -0.2) is 9.97 Å². The van der Waals surface area contributed by atoms with E-state index in [0.717, 1.165) is 23.7 Å². The van der Waals surface area contributed by atoms with Gasteiger partial charge in [0.15, 0.2) is 0 Å². The molecule has 106 valence electrons. The Kier molecular flexibility index (Phi) is 5.06. The number of hydrogen-bond donors (Lipinski definition) is 2. The highest BCUT2D eigenvalue weighted by Gasteiger charge is 2.11. The number of hydrogen-bond acceptors (Lipinski definition) is 5. The molecular formula is C14H18N4OS. The van der Waals surface area contributed by atoms with Crippen molar-refractivity contribution in [2.24, 2.45) is 0 Å². The lowest BCUT2D eigenvalue weighted by Gasteiger charge is -2.09. The van der Waals surface area contributed by atoms with E-state index in [0.29, 0.717) is 17.9 Å². The Morgan fingerprint density at radius 3 is 3.00 bits per heavy atom. The fourth-order valence-electron chi connectivity index (χ4n) is 1.79. The molecule has 0 aliphatic heterocycles. The lowest BCUT2D eigenvalue weighted by Crippen LogP contribution is -2.26. The van der Waals surface area contributed by atoms with Crippen LogP contribution in [0.25, 0.3) is 0 Å². The van der Waals surface area contributed by atoms with Gasteiger partial charge in [0.25, 0.3) is 5.91 Å². The van der Waals surface area contributed by atoms with Gasteiger partial charge in [-0.15, -0.1) is 11.3 Å². The van der Waals surface area contributed by atoms with Gasteiger partial charge in [-0.1, -0.05) is 0 Å². The molecule has 5 nitrogen and oxygen atoms in total. The SMILES string of the molecule is CCNc1ncccc1C(=O)NCCc1nc(C)cs1. The average Bonchev–Trinajstić information content (AvgIpc) is 2.85. The molecule has 2 aromatic rings. The Morgan fingerprint density at radius 1 is 1.45 bits per heavy atom. The number of carbonyl (C=O) groups excluding carboxylic acids is 1. The quantitative estimate of drug-likeness (QED) is 0.856. The third-order valence-corrected chi connectivity index (χ3v) is 3.71. The molecule has 0 saturated heterocycles. The minimum Gasteiger partial charge on any atom is -0.370 e. The van der Waals surface area contributed by atoms with Gasteiger partial charge in [0.1, 0.15) is 5.82 Å². The second-order valence-corrected chi connectivity index (χ2v) is 5.26. The Balaban J connectivity index is 1.91. The summed E-state index contributed by atoms with van der Waals surface area (Å²) < 4.78 is 0. The third-order valence-electron chi connectivity index (χ3n) is 2.69. The highest BCUT2D eigenvalue weighted by atomic mass is 32.1. The third kappa shape index (κ3) is 3.77. The van der Waals surface area contributed by atoms with E-state index in [1.807, 2.05) is 19.2 Å². The minimum absolute atomic E-state index is 0.109. The lowest BCUT2D eigenvalue weighted by molar-refractivity contribution is 0.0954. The van der Waals surface area contributed by atoms with Gasteiger partial charge in [0, 0.05) is 36.8 Å². The topological polar surface area (TPSA) is 66.9 Å². The number of carbonyl (C=O) groups is 1. The molecular weight excluding hydrogens is 272 g/mol. The predicted octanol–water partition coefficient (Wildman–Crippen LogP) is 2.25. The molecule has 6 heteroatoms. The number of thiazole rings is 1. The lowest BCUT2D eigenvalue weighted by atomic mass is 10.2. The van der Waals surface area contributed by atoms with Gasteiger partial charge in [-0.05, 0) is 26.0 Å². The zero-order valence-corrected chi connectivity index (χ0v) is 12.5. The van der Waals surface area contributed by atoms with Crippen LogP contribution in [0.15, 0.2) is 23.7 Å². The highest BCUT2D eigenvalue weighted by molar-refractivity contribution is 7.09. The molecule has 0 aliphatic rings. The molecule has 0 aromatic carbocycles. The number of amides is 1. The Bertz CT molecular complexity index is 582. The number of aryl methyl sites for hydroxylation is 1. The Hall–Kier alpha value is -1.95. The molecule has 0 radical (unpaired) electrons. The summed E-state index contributed by atoms with van der Waals surface area (Å²) in [5, 5.41) is 9.05. The summed E-state index contributed by atoms with van der Waals surface area (Å²) in [5.74, 6) is 0.514. The van der Waals surface area contributed by atoms with Crippen LogP contribution in [0, 0.1) is 6.92 Å². The van der Waals surface area contributed by atoms with E-state index in [2.05, 4.69) is 20.6 Å². The Morgan fingerprint density at radius 2 is 2.30 bits per heavy atom. The summed E-state index contributed by atoms with van der Waals surface area (Å²) in [6.45, 7) is 5.25. The van der Waals surface area contributed by atoms with Crippen molar-refractivity contribution in [3.8, 4) is 0 Å². The summed E-state index contributed by atoms with van der Waals surface area (Å²) >= 11 is 1.62. The minimum atomic E-state index is -0.109. The molecule has 0 fully saturated rings. The van der Waals surface area contributed by atoms with E-state index in [-0.39, 0.29) is 5.91 Å². The molecule has 2 rings (SSSR count). The van der Waals surface area contributed by atoms with Crippen LogP contribution >= 0.6 is 11.3 Å². The van der Waals surface area contributed by atoms with Gasteiger partial charge >= 0.3 is 0 Å². The van der Waals surface area contributed by atoms with Crippen LogP contribution in [0.3, 0.4) is 0 Å². The zero-order valence-electron chi connectivity index (χ0n) is 11.6. The number of pyridine rings is 1. The number of nitrogens with one attached hydrogen (secondary N) is 2. The molecule has 0 unspecified atom stereocenters. The van der Waals surface area contributed by atoms with Crippen molar-refractivity contribution in [1.29, 1.82) is 0 Å². The predicted molar refractivity (Wildman–Crippen MR) is 81.3 cm³/mol. The van der Waals surface area contributed by atoms with E-state index >= 15 is 0 Å². The maximum absolute atomic E-state index is 12.1. The van der Waals surface area contributed by atoms with Gasteiger partial charge in [-0.3, -0.25) is 4.79 Å². The summed E-state index contributed by atoms with van der Waals surface area (Å²) in [4.78, 5) is 20.7. The first-order valence-electron chi connectivity index (χ1n) is 6.58. The fraction of sp³-hybridized carbons (Fsp3) is 0.357. The molecule has 0 saturated carbocycles. The second-order valence-electron chi connectivity index (χ2n) is 4.32. The van der Waals surface area contributed by atoms with E-state index in [4.69, 9.17) is 0 Å². The van der Waals surface area contributed by atoms with E-state index in [9.17, 15) is 4.79 Å². The number of nitrogens with zero attached hydrogens (tertiary/aromatic N) is 2.